The maximum Gasteiger partial charge on any atom is 0.173 e. The summed E-state index contributed by atoms with van der Waals surface area (Å²) in [5.74, 6) is 1.01. The standard InChI is InChI=1S/C17H24O3/c1-5-6-9-19-14-10-13(8-7-12(14)2)15-16(18)17(3,4)11-20-15/h7-8,10,15H,5-6,9,11H2,1-4H3. The first kappa shape index (κ1) is 15.0. The average molecular weight is 276 g/mol. The van der Waals surface area contributed by atoms with E-state index >= 15 is 0 Å². The molecule has 1 unspecified atom stereocenters. The highest BCUT2D eigenvalue weighted by molar-refractivity contribution is 5.91. The highest BCUT2D eigenvalue weighted by atomic mass is 16.5. The summed E-state index contributed by atoms with van der Waals surface area (Å²) in [4.78, 5) is 12.3. The Morgan fingerprint density at radius 2 is 2.15 bits per heavy atom. The lowest BCUT2D eigenvalue weighted by molar-refractivity contribution is -0.127. The van der Waals surface area contributed by atoms with E-state index in [9.17, 15) is 4.79 Å². The van der Waals surface area contributed by atoms with Crippen molar-refractivity contribution in [2.24, 2.45) is 5.41 Å². The van der Waals surface area contributed by atoms with Crippen LogP contribution in [0.2, 0.25) is 0 Å². The zero-order valence-electron chi connectivity index (χ0n) is 12.9. The van der Waals surface area contributed by atoms with Gasteiger partial charge in [-0.1, -0.05) is 39.3 Å². The van der Waals surface area contributed by atoms with Crippen LogP contribution in [0.3, 0.4) is 0 Å². The van der Waals surface area contributed by atoms with E-state index in [-0.39, 0.29) is 5.78 Å². The Bertz CT molecular complexity index is 491. The number of benzene rings is 1. The molecule has 0 spiro atoms. The number of Topliss-reactive ketones (excluding diaryl/α,β-unsaturated/α-hetero) is 1. The lowest BCUT2D eigenvalue weighted by Gasteiger charge is -2.15. The van der Waals surface area contributed by atoms with E-state index in [4.69, 9.17) is 9.47 Å². The van der Waals surface area contributed by atoms with Gasteiger partial charge in [-0.25, -0.2) is 0 Å². The topological polar surface area (TPSA) is 35.5 Å². The van der Waals surface area contributed by atoms with Gasteiger partial charge in [0.05, 0.1) is 13.2 Å². The van der Waals surface area contributed by atoms with Crippen molar-refractivity contribution in [1.29, 1.82) is 0 Å². The lowest BCUT2D eigenvalue weighted by Crippen LogP contribution is -2.22. The van der Waals surface area contributed by atoms with Crippen molar-refractivity contribution >= 4 is 5.78 Å². The zero-order valence-corrected chi connectivity index (χ0v) is 12.9. The summed E-state index contributed by atoms with van der Waals surface area (Å²) < 4.78 is 11.5. The molecule has 1 atom stereocenters. The molecule has 1 saturated heterocycles. The molecule has 1 aliphatic heterocycles. The molecule has 0 radical (unpaired) electrons. The average Bonchev–Trinajstić information content (AvgIpc) is 2.67. The molecule has 1 aromatic carbocycles. The van der Waals surface area contributed by atoms with Gasteiger partial charge in [0.15, 0.2) is 5.78 Å². The minimum Gasteiger partial charge on any atom is -0.493 e. The monoisotopic (exact) mass is 276 g/mol. The van der Waals surface area contributed by atoms with Gasteiger partial charge in [0.1, 0.15) is 11.9 Å². The first-order valence-corrected chi connectivity index (χ1v) is 7.35. The smallest absolute Gasteiger partial charge is 0.173 e. The molecule has 3 heteroatoms. The van der Waals surface area contributed by atoms with Crippen molar-refractivity contribution in [1.82, 2.24) is 0 Å². The third-order valence-electron chi connectivity index (χ3n) is 3.79. The molecule has 0 N–H and O–H groups in total. The van der Waals surface area contributed by atoms with Crippen LogP contribution in [0.15, 0.2) is 18.2 Å². The summed E-state index contributed by atoms with van der Waals surface area (Å²) >= 11 is 0. The summed E-state index contributed by atoms with van der Waals surface area (Å²) in [7, 11) is 0. The van der Waals surface area contributed by atoms with E-state index in [2.05, 4.69) is 6.92 Å². The van der Waals surface area contributed by atoms with Gasteiger partial charge < -0.3 is 9.47 Å². The molecule has 110 valence electrons. The second kappa shape index (κ2) is 5.96. The Hall–Kier alpha value is -1.35. The molecule has 20 heavy (non-hydrogen) atoms. The number of carbonyl (C=O) groups excluding carboxylic acids is 1. The number of unbranched alkanes of at least 4 members (excludes halogenated alkanes) is 1. The van der Waals surface area contributed by atoms with Crippen LogP contribution in [-0.2, 0) is 9.53 Å². The van der Waals surface area contributed by atoms with Crippen molar-refractivity contribution in [3.05, 3.63) is 29.3 Å². The van der Waals surface area contributed by atoms with E-state index in [1.54, 1.807) is 0 Å². The molecular weight excluding hydrogens is 252 g/mol. The molecular formula is C17H24O3. The fourth-order valence-corrected chi connectivity index (χ4v) is 2.30. The van der Waals surface area contributed by atoms with Crippen molar-refractivity contribution in [2.75, 3.05) is 13.2 Å². The van der Waals surface area contributed by atoms with Crippen molar-refractivity contribution in [3.63, 3.8) is 0 Å². The van der Waals surface area contributed by atoms with Crippen LogP contribution in [0.1, 0.15) is 50.8 Å². The maximum absolute atomic E-state index is 12.3. The maximum atomic E-state index is 12.3. The lowest BCUT2D eigenvalue weighted by atomic mass is 9.87. The number of aryl methyl sites for hydroxylation is 1. The number of ether oxygens (including phenoxy) is 2. The SMILES string of the molecule is CCCCOc1cc(C2OCC(C)(C)C2=O)ccc1C. The van der Waals surface area contributed by atoms with Gasteiger partial charge in [-0.2, -0.15) is 0 Å². The third-order valence-corrected chi connectivity index (χ3v) is 3.79. The van der Waals surface area contributed by atoms with Crippen LogP contribution in [0.4, 0.5) is 0 Å². The largest absolute Gasteiger partial charge is 0.493 e. The molecule has 1 heterocycles. The van der Waals surface area contributed by atoms with Crippen molar-refractivity contribution in [3.8, 4) is 5.75 Å². The van der Waals surface area contributed by atoms with Crippen LogP contribution in [0, 0.1) is 12.3 Å². The molecule has 0 amide bonds. The predicted octanol–water partition coefficient (Wildman–Crippen LogP) is 3.84. The number of rotatable bonds is 5. The molecule has 3 nitrogen and oxygen atoms in total. The number of carbonyl (C=O) groups is 1. The number of hydrogen-bond donors (Lipinski definition) is 0. The minimum absolute atomic E-state index is 0.154. The Labute approximate surface area is 121 Å². The Morgan fingerprint density at radius 3 is 2.75 bits per heavy atom. The van der Waals surface area contributed by atoms with Crippen LogP contribution in [0.5, 0.6) is 5.75 Å². The van der Waals surface area contributed by atoms with Crippen LogP contribution >= 0.6 is 0 Å². The molecule has 1 aromatic rings. The van der Waals surface area contributed by atoms with Gasteiger partial charge in [0, 0.05) is 5.41 Å². The van der Waals surface area contributed by atoms with Gasteiger partial charge in [-0.05, 0) is 30.5 Å². The second-order valence-electron chi connectivity index (χ2n) is 6.17. The van der Waals surface area contributed by atoms with Crippen molar-refractivity contribution < 1.29 is 14.3 Å². The van der Waals surface area contributed by atoms with Gasteiger partial charge >= 0.3 is 0 Å². The third kappa shape index (κ3) is 3.04. The van der Waals surface area contributed by atoms with Gasteiger partial charge in [-0.15, -0.1) is 0 Å². The second-order valence-corrected chi connectivity index (χ2v) is 6.17. The summed E-state index contributed by atoms with van der Waals surface area (Å²) in [6, 6.07) is 5.92. The fourth-order valence-electron chi connectivity index (χ4n) is 2.30. The highest BCUT2D eigenvalue weighted by Crippen LogP contribution is 2.38. The fraction of sp³-hybridized carbons (Fsp3) is 0.588. The van der Waals surface area contributed by atoms with Gasteiger partial charge in [0.25, 0.3) is 0 Å². The molecule has 0 aromatic heterocycles. The Balaban J connectivity index is 2.17. The first-order valence-electron chi connectivity index (χ1n) is 7.35. The van der Waals surface area contributed by atoms with Gasteiger partial charge in [-0.3, -0.25) is 4.79 Å². The van der Waals surface area contributed by atoms with Gasteiger partial charge in [0.2, 0.25) is 0 Å². The van der Waals surface area contributed by atoms with Crippen LogP contribution in [0.25, 0.3) is 0 Å². The quantitative estimate of drug-likeness (QED) is 0.766. The molecule has 0 saturated carbocycles. The highest BCUT2D eigenvalue weighted by Gasteiger charge is 2.42. The molecule has 1 fully saturated rings. The summed E-state index contributed by atoms with van der Waals surface area (Å²) in [6.45, 7) is 9.22. The number of ketones is 1. The van der Waals surface area contributed by atoms with Crippen molar-refractivity contribution in [2.45, 2.75) is 46.6 Å². The predicted molar refractivity (Wildman–Crippen MR) is 79.1 cm³/mol. The Morgan fingerprint density at radius 1 is 1.40 bits per heavy atom. The molecule has 2 rings (SSSR count). The molecule has 1 aliphatic rings. The van der Waals surface area contributed by atoms with E-state index in [0.29, 0.717) is 13.2 Å². The van der Waals surface area contributed by atoms with E-state index in [0.717, 1.165) is 29.7 Å². The molecule has 0 aliphatic carbocycles. The summed E-state index contributed by atoms with van der Waals surface area (Å²) in [6.07, 6.45) is 1.70. The van der Waals surface area contributed by atoms with Crippen LogP contribution in [-0.4, -0.2) is 19.0 Å². The summed E-state index contributed by atoms with van der Waals surface area (Å²) in [5.41, 5.74) is 1.60. The normalized spacial score (nSPS) is 21.2. The molecule has 0 bridgehead atoms. The van der Waals surface area contributed by atoms with Crippen LogP contribution < -0.4 is 4.74 Å². The Kier molecular flexibility index (Phi) is 4.48. The van der Waals surface area contributed by atoms with E-state index in [1.165, 1.54) is 0 Å². The zero-order chi connectivity index (χ0) is 14.8. The van der Waals surface area contributed by atoms with E-state index in [1.807, 2.05) is 39.0 Å². The van der Waals surface area contributed by atoms with E-state index < -0.39 is 11.5 Å². The first-order chi connectivity index (χ1) is 9.45. The summed E-state index contributed by atoms with van der Waals surface area (Å²) in [5, 5.41) is 0. The number of hydrogen-bond acceptors (Lipinski definition) is 3. The minimum atomic E-state index is -0.445.